The lowest BCUT2D eigenvalue weighted by molar-refractivity contribution is 0.0531. The number of aromatic nitrogens is 1. The second kappa shape index (κ2) is 8.03. The number of benzene rings is 1. The van der Waals surface area contributed by atoms with E-state index in [0.717, 1.165) is 23.4 Å². The van der Waals surface area contributed by atoms with E-state index in [4.69, 9.17) is 4.74 Å². The predicted octanol–water partition coefficient (Wildman–Crippen LogP) is 2.94. The number of carbonyl (C=O) groups excluding carboxylic acids is 2. The number of aryl methyl sites for hydroxylation is 1. The van der Waals surface area contributed by atoms with Crippen molar-refractivity contribution in [2.75, 3.05) is 26.0 Å². The smallest absolute Gasteiger partial charge is 0.350 e. The Balaban J connectivity index is 2.07. The van der Waals surface area contributed by atoms with Gasteiger partial charge in [-0.3, -0.25) is 10.1 Å². The molecule has 0 saturated carbocycles. The third kappa shape index (κ3) is 4.62. The quantitative estimate of drug-likeness (QED) is 0.814. The topological polar surface area (TPSA) is 71.5 Å². The van der Waals surface area contributed by atoms with E-state index in [0.29, 0.717) is 27.9 Å². The van der Waals surface area contributed by atoms with E-state index < -0.39 is 5.97 Å². The van der Waals surface area contributed by atoms with E-state index in [9.17, 15) is 9.59 Å². The Labute approximate surface area is 145 Å². The maximum Gasteiger partial charge on any atom is 0.350 e. The van der Waals surface area contributed by atoms with Gasteiger partial charge in [-0.1, -0.05) is 23.5 Å². The number of amides is 1. The molecule has 1 aromatic heterocycles. The largest absolute Gasteiger partial charge is 0.462 e. The molecule has 0 fully saturated rings. The van der Waals surface area contributed by atoms with Gasteiger partial charge in [-0.05, 0) is 45.6 Å². The minimum atomic E-state index is -0.416. The van der Waals surface area contributed by atoms with Crippen LogP contribution in [0.25, 0.3) is 0 Å². The lowest BCUT2D eigenvalue weighted by Gasteiger charge is -2.09. The van der Waals surface area contributed by atoms with Gasteiger partial charge in [0.15, 0.2) is 5.13 Å². The highest BCUT2D eigenvalue weighted by atomic mass is 32.1. The molecule has 0 radical (unpaired) electrons. The van der Waals surface area contributed by atoms with Gasteiger partial charge in [0.25, 0.3) is 5.91 Å². The van der Waals surface area contributed by atoms with Crippen LogP contribution in [0.2, 0.25) is 0 Å². The zero-order chi connectivity index (χ0) is 17.7. The van der Waals surface area contributed by atoms with Crippen molar-refractivity contribution >= 4 is 28.3 Å². The van der Waals surface area contributed by atoms with E-state index in [1.54, 1.807) is 26.0 Å². The average molecular weight is 347 g/mol. The Hall–Kier alpha value is -2.25. The van der Waals surface area contributed by atoms with Gasteiger partial charge in [-0.25, -0.2) is 9.78 Å². The molecule has 0 aliphatic rings. The fourth-order valence-electron chi connectivity index (χ4n) is 2.13. The molecule has 6 nitrogen and oxygen atoms in total. The van der Waals surface area contributed by atoms with E-state index in [-0.39, 0.29) is 5.91 Å². The Morgan fingerprint density at radius 1 is 1.25 bits per heavy atom. The molecule has 1 amide bonds. The lowest BCUT2D eigenvalue weighted by atomic mass is 10.1. The first-order chi connectivity index (χ1) is 11.4. The molecule has 0 saturated heterocycles. The molecule has 0 unspecified atom stereocenters. The van der Waals surface area contributed by atoms with Gasteiger partial charge in [0.05, 0.1) is 12.3 Å². The van der Waals surface area contributed by atoms with Crippen molar-refractivity contribution in [3.05, 3.63) is 46.0 Å². The number of anilines is 1. The molecule has 2 aromatic rings. The number of rotatable bonds is 6. The first-order valence-corrected chi connectivity index (χ1v) is 8.42. The number of nitrogens with zero attached hydrogens (tertiary/aromatic N) is 2. The molecule has 24 heavy (non-hydrogen) atoms. The minimum Gasteiger partial charge on any atom is -0.462 e. The molecule has 1 aromatic carbocycles. The number of thiazole rings is 1. The molecule has 0 atom stereocenters. The summed E-state index contributed by atoms with van der Waals surface area (Å²) in [6, 6.07) is 7.40. The molecule has 0 aliphatic carbocycles. The number of esters is 1. The summed E-state index contributed by atoms with van der Waals surface area (Å²) in [6.07, 6.45) is 0. The second-order valence-corrected chi connectivity index (χ2v) is 6.54. The monoisotopic (exact) mass is 347 g/mol. The van der Waals surface area contributed by atoms with Gasteiger partial charge in [0.2, 0.25) is 0 Å². The summed E-state index contributed by atoms with van der Waals surface area (Å²) in [6.45, 7) is 4.58. The van der Waals surface area contributed by atoms with Crippen LogP contribution in [-0.4, -0.2) is 42.5 Å². The van der Waals surface area contributed by atoms with Crippen molar-refractivity contribution in [3.8, 4) is 0 Å². The summed E-state index contributed by atoms with van der Waals surface area (Å²) in [4.78, 5) is 30.8. The summed E-state index contributed by atoms with van der Waals surface area (Å²) < 4.78 is 4.97. The highest BCUT2D eigenvalue weighted by Gasteiger charge is 2.18. The predicted molar refractivity (Wildman–Crippen MR) is 94.6 cm³/mol. The van der Waals surface area contributed by atoms with Crippen LogP contribution >= 0.6 is 11.3 Å². The Kier molecular flexibility index (Phi) is 6.05. The number of ether oxygens (including phenoxy) is 1. The van der Waals surface area contributed by atoms with Crippen molar-refractivity contribution in [3.63, 3.8) is 0 Å². The van der Waals surface area contributed by atoms with Crippen LogP contribution in [0.1, 0.15) is 38.2 Å². The molecule has 128 valence electrons. The lowest BCUT2D eigenvalue weighted by Crippen LogP contribution is -2.13. The van der Waals surface area contributed by atoms with Gasteiger partial charge in [-0.15, -0.1) is 0 Å². The van der Waals surface area contributed by atoms with Crippen LogP contribution < -0.4 is 5.32 Å². The molecule has 1 heterocycles. The average Bonchev–Trinajstić information content (AvgIpc) is 2.88. The Bertz CT molecular complexity index is 723. The maximum atomic E-state index is 12.3. The zero-order valence-electron chi connectivity index (χ0n) is 14.3. The molecule has 1 N–H and O–H groups in total. The first-order valence-electron chi connectivity index (χ1n) is 7.60. The number of hydrogen-bond donors (Lipinski definition) is 1. The van der Waals surface area contributed by atoms with Gasteiger partial charge in [0.1, 0.15) is 4.88 Å². The standard InChI is InChI=1S/C17H21N3O3S/c1-5-23-16(22)14-11(2)18-17(24-14)19-15(21)13-8-6-12(7-9-13)10-20(3)4/h6-9H,5,10H2,1-4H3,(H,18,19,21). The van der Waals surface area contributed by atoms with Gasteiger partial charge >= 0.3 is 5.97 Å². The van der Waals surface area contributed by atoms with Crippen LogP contribution in [0.3, 0.4) is 0 Å². The van der Waals surface area contributed by atoms with Gasteiger partial charge in [-0.2, -0.15) is 0 Å². The van der Waals surface area contributed by atoms with E-state index >= 15 is 0 Å². The molecule has 0 aliphatic heterocycles. The SMILES string of the molecule is CCOC(=O)c1sc(NC(=O)c2ccc(CN(C)C)cc2)nc1C. The van der Waals surface area contributed by atoms with E-state index in [1.165, 1.54) is 0 Å². The van der Waals surface area contributed by atoms with E-state index in [2.05, 4.69) is 15.2 Å². The van der Waals surface area contributed by atoms with Crippen molar-refractivity contribution < 1.29 is 14.3 Å². The fraction of sp³-hybridized carbons (Fsp3) is 0.353. The van der Waals surface area contributed by atoms with Crippen LogP contribution in [0, 0.1) is 6.92 Å². The van der Waals surface area contributed by atoms with Crippen molar-refractivity contribution in [1.29, 1.82) is 0 Å². The number of carbonyl (C=O) groups is 2. The van der Waals surface area contributed by atoms with Crippen molar-refractivity contribution in [2.45, 2.75) is 20.4 Å². The van der Waals surface area contributed by atoms with Crippen molar-refractivity contribution in [1.82, 2.24) is 9.88 Å². The fourth-order valence-corrected chi connectivity index (χ4v) is 2.99. The summed E-state index contributed by atoms with van der Waals surface area (Å²) in [7, 11) is 3.99. The minimum absolute atomic E-state index is 0.254. The third-order valence-electron chi connectivity index (χ3n) is 3.19. The second-order valence-electron chi connectivity index (χ2n) is 5.54. The summed E-state index contributed by atoms with van der Waals surface area (Å²) in [5.74, 6) is -0.670. The van der Waals surface area contributed by atoms with Crippen LogP contribution in [0.15, 0.2) is 24.3 Å². The molecule has 0 bridgehead atoms. The molecule has 2 rings (SSSR count). The van der Waals surface area contributed by atoms with E-state index in [1.807, 2.05) is 26.2 Å². The first kappa shape index (κ1) is 18.1. The summed E-state index contributed by atoms with van der Waals surface area (Å²) >= 11 is 1.12. The van der Waals surface area contributed by atoms with Crippen LogP contribution in [0.5, 0.6) is 0 Å². The third-order valence-corrected chi connectivity index (χ3v) is 4.25. The summed E-state index contributed by atoms with van der Waals surface area (Å²) in [5, 5.41) is 3.11. The summed E-state index contributed by atoms with van der Waals surface area (Å²) in [5.41, 5.74) is 2.23. The highest BCUT2D eigenvalue weighted by Crippen LogP contribution is 2.24. The molecule has 7 heteroatoms. The van der Waals surface area contributed by atoms with Crippen LogP contribution in [0.4, 0.5) is 5.13 Å². The van der Waals surface area contributed by atoms with Crippen LogP contribution in [-0.2, 0) is 11.3 Å². The molecular formula is C17H21N3O3S. The Morgan fingerprint density at radius 3 is 2.50 bits per heavy atom. The maximum absolute atomic E-state index is 12.3. The number of nitrogens with one attached hydrogen (secondary N) is 1. The van der Waals surface area contributed by atoms with Gasteiger partial charge in [0, 0.05) is 12.1 Å². The van der Waals surface area contributed by atoms with Gasteiger partial charge < -0.3 is 9.64 Å². The number of hydrogen-bond acceptors (Lipinski definition) is 6. The molecule has 0 spiro atoms. The van der Waals surface area contributed by atoms with Crippen molar-refractivity contribution in [2.24, 2.45) is 0 Å². The normalized spacial score (nSPS) is 10.7. The zero-order valence-corrected chi connectivity index (χ0v) is 15.1. The Morgan fingerprint density at radius 2 is 1.92 bits per heavy atom. The highest BCUT2D eigenvalue weighted by molar-refractivity contribution is 7.17. The molecular weight excluding hydrogens is 326 g/mol.